The highest BCUT2D eigenvalue weighted by Crippen LogP contribution is 2.35. The summed E-state index contributed by atoms with van der Waals surface area (Å²) in [6, 6.07) is 21.2. The molecule has 0 N–H and O–H groups in total. The maximum absolute atomic E-state index is 3.59. The first-order valence-corrected chi connectivity index (χ1v) is 9.16. The molecule has 0 atom stereocenters. The van der Waals surface area contributed by atoms with Gasteiger partial charge in [-0.3, -0.25) is 0 Å². The third-order valence-electron chi connectivity index (χ3n) is 3.76. The predicted molar refractivity (Wildman–Crippen MR) is 104 cm³/mol. The fourth-order valence-corrected chi connectivity index (χ4v) is 3.94. The molecule has 0 aliphatic carbocycles. The van der Waals surface area contributed by atoms with Gasteiger partial charge in [-0.25, -0.2) is 0 Å². The molecule has 0 bridgehead atoms. The molecule has 0 aliphatic rings. The van der Waals surface area contributed by atoms with Gasteiger partial charge in [0.2, 0.25) is 0 Å². The summed E-state index contributed by atoms with van der Waals surface area (Å²) in [5.41, 5.74) is 3.53. The van der Waals surface area contributed by atoms with Crippen molar-refractivity contribution < 1.29 is 0 Å². The van der Waals surface area contributed by atoms with E-state index in [1.165, 1.54) is 21.8 Å². The lowest BCUT2D eigenvalue weighted by molar-refractivity contribution is 1.17. The predicted octanol–water partition coefficient (Wildman–Crippen LogP) is 7.07. The first-order valence-electron chi connectivity index (χ1n) is 6.79. The molecule has 0 amide bonds. The van der Waals surface area contributed by atoms with Crippen molar-refractivity contribution in [3.8, 4) is 5.69 Å². The number of fused-ring (bicyclic) bond motifs is 3. The zero-order valence-electron chi connectivity index (χ0n) is 11.4. The molecule has 0 saturated carbocycles. The Morgan fingerprint density at radius 2 is 1.14 bits per heavy atom. The minimum Gasteiger partial charge on any atom is -0.309 e. The molecular weight excluding hydrogens is 470 g/mol. The second-order valence-corrected chi connectivity index (χ2v) is 7.89. The van der Waals surface area contributed by atoms with Crippen molar-refractivity contribution in [3.05, 3.63) is 74.1 Å². The molecular formula is C18H10Br3N. The molecule has 1 aromatic heterocycles. The van der Waals surface area contributed by atoms with Crippen LogP contribution in [-0.4, -0.2) is 4.57 Å². The van der Waals surface area contributed by atoms with Crippen LogP contribution in [0.2, 0.25) is 0 Å². The third kappa shape index (κ3) is 2.34. The highest BCUT2D eigenvalue weighted by molar-refractivity contribution is 9.11. The Kier molecular flexibility index (Phi) is 3.63. The molecule has 4 rings (SSSR count). The number of rotatable bonds is 1. The molecule has 108 valence electrons. The molecule has 0 unspecified atom stereocenters. The van der Waals surface area contributed by atoms with Crippen LogP contribution in [0.1, 0.15) is 0 Å². The summed E-state index contributed by atoms with van der Waals surface area (Å²) in [6.45, 7) is 0. The summed E-state index contributed by atoms with van der Waals surface area (Å²) in [4.78, 5) is 0. The fourth-order valence-electron chi connectivity index (χ4n) is 2.86. The zero-order chi connectivity index (χ0) is 15.3. The van der Waals surface area contributed by atoms with Gasteiger partial charge in [0.25, 0.3) is 0 Å². The molecule has 0 fully saturated rings. The second-order valence-electron chi connectivity index (χ2n) is 5.14. The number of halogens is 3. The largest absolute Gasteiger partial charge is 0.309 e. The SMILES string of the molecule is Brc1cccc(-n2c3cc(Br)ccc3c3ccc(Br)cc32)c1. The second kappa shape index (κ2) is 5.52. The summed E-state index contributed by atoms with van der Waals surface area (Å²) in [7, 11) is 0. The van der Waals surface area contributed by atoms with Crippen LogP contribution in [0.4, 0.5) is 0 Å². The highest BCUT2D eigenvalue weighted by Gasteiger charge is 2.13. The molecule has 0 saturated heterocycles. The van der Waals surface area contributed by atoms with Crippen molar-refractivity contribution >= 4 is 69.6 Å². The number of hydrogen-bond donors (Lipinski definition) is 0. The van der Waals surface area contributed by atoms with E-state index in [-0.39, 0.29) is 0 Å². The van der Waals surface area contributed by atoms with Gasteiger partial charge in [0.15, 0.2) is 0 Å². The Balaban J connectivity index is 2.22. The van der Waals surface area contributed by atoms with Gasteiger partial charge in [-0.05, 0) is 42.5 Å². The van der Waals surface area contributed by atoms with E-state index in [4.69, 9.17) is 0 Å². The standard InChI is InChI=1S/C18H10Br3N/c19-11-2-1-3-14(8-11)22-17-9-12(20)4-6-15(17)16-7-5-13(21)10-18(16)22/h1-10H. The Labute approximate surface area is 153 Å². The fraction of sp³-hybridized carbons (Fsp3) is 0. The quantitative estimate of drug-likeness (QED) is 0.275. The molecule has 0 aliphatic heterocycles. The van der Waals surface area contributed by atoms with Crippen molar-refractivity contribution in [2.24, 2.45) is 0 Å². The van der Waals surface area contributed by atoms with Crippen LogP contribution in [0.5, 0.6) is 0 Å². The smallest absolute Gasteiger partial charge is 0.0552 e. The molecule has 0 radical (unpaired) electrons. The van der Waals surface area contributed by atoms with Gasteiger partial charge in [-0.1, -0.05) is 66.0 Å². The Morgan fingerprint density at radius 3 is 1.68 bits per heavy atom. The third-order valence-corrected chi connectivity index (χ3v) is 5.24. The van der Waals surface area contributed by atoms with Gasteiger partial charge >= 0.3 is 0 Å². The van der Waals surface area contributed by atoms with Crippen molar-refractivity contribution in [3.63, 3.8) is 0 Å². The molecule has 1 heterocycles. The van der Waals surface area contributed by atoms with Crippen LogP contribution >= 0.6 is 47.8 Å². The van der Waals surface area contributed by atoms with Crippen molar-refractivity contribution in [2.45, 2.75) is 0 Å². The van der Waals surface area contributed by atoms with Crippen LogP contribution in [-0.2, 0) is 0 Å². The molecule has 1 nitrogen and oxygen atoms in total. The normalized spacial score (nSPS) is 11.4. The minimum atomic E-state index is 1.07. The van der Waals surface area contributed by atoms with Gasteiger partial charge in [-0.15, -0.1) is 0 Å². The lowest BCUT2D eigenvalue weighted by Crippen LogP contribution is -1.93. The lowest BCUT2D eigenvalue weighted by Gasteiger charge is -2.08. The van der Waals surface area contributed by atoms with E-state index in [1.54, 1.807) is 0 Å². The minimum absolute atomic E-state index is 1.07. The van der Waals surface area contributed by atoms with Gasteiger partial charge < -0.3 is 4.57 Å². The Morgan fingerprint density at radius 1 is 0.591 bits per heavy atom. The molecule has 3 aromatic carbocycles. The van der Waals surface area contributed by atoms with Gasteiger partial charge in [0.05, 0.1) is 11.0 Å². The molecule has 4 heteroatoms. The maximum Gasteiger partial charge on any atom is 0.0552 e. The molecule has 4 aromatic rings. The zero-order valence-corrected chi connectivity index (χ0v) is 16.1. The average Bonchev–Trinajstić information content (AvgIpc) is 2.79. The number of hydrogen-bond acceptors (Lipinski definition) is 0. The number of benzene rings is 3. The van der Waals surface area contributed by atoms with Crippen molar-refractivity contribution in [1.82, 2.24) is 4.57 Å². The molecule has 0 spiro atoms. The number of nitrogens with zero attached hydrogens (tertiary/aromatic N) is 1. The van der Waals surface area contributed by atoms with Crippen LogP contribution in [0.25, 0.3) is 27.5 Å². The van der Waals surface area contributed by atoms with Crippen LogP contribution in [0.3, 0.4) is 0 Å². The first-order chi connectivity index (χ1) is 10.6. The lowest BCUT2D eigenvalue weighted by atomic mass is 10.2. The summed E-state index contributed by atoms with van der Waals surface area (Å²) in [6.07, 6.45) is 0. The van der Waals surface area contributed by atoms with Gasteiger partial charge in [-0.2, -0.15) is 0 Å². The molecule has 22 heavy (non-hydrogen) atoms. The average molecular weight is 480 g/mol. The maximum atomic E-state index is 3.59. The first kappa shape index (κ1) is 14.5. The van der Waals surface area contributed by atoms with Crippen molar-refractivity contribution in [2.75, 3.05) is 0 Å². The van der Waals surface area contributed by atoms with Crippen LogP contribution in [0.15, 0.2) is 74.1 Å². The van der Waals surface area contributed by atoms with Crippen molar-refractivity contribution in [1.29, 1.82) is 0 Å². The Hall–Kier alpha value is -1.10. The summed E-state index contributed by atoms with van der Waals surface area (Å²) >= 11 is 10.8. The van der Waals surface area contributed by atoms with E-state index in [2.05, 4.69) is 107 Å². The topological polar surface area (TPSA) is 4.93 Å². The van der Waals surface area contributed by atoms with Crippen LogP contribution < -0.4 is 0 Å². The Bertz CT molecular complexity index is 958. The highest BCUT2D eigenvalue weighted by atomic mass is 79.9. The summed E-state index contributed by atoms with van der Waals surface area (Å²) in [5.74, 6) is 0. The summed E-state index contributed by atoms with van der Waals surface area (Å²) < 4.78 is 5.53. The van der Waals surface area contributed by atoms with Gasteiger partial charge in [0, 0.05) is 29.9 Å². The number of aromatic nitrogens is 1. The van der Waals surface area contributed by atoms with E-state index in [0.717, 1.165) is 19.1 Å². The van der Waals surface area contributed by atoms with E-state index < -0.39 is 0 Å². The van der Waals surface area contributed by atoms with Gasteiger partial charge in [0.1, 0.15) is 0 Å². The van der Waals surface area contributed by atoms with E-state index >= 15 is 0 Å². The summed E-state index contributed by atoms with van der Waals surface area (Å²) in [5, 5.41) is 2.51. The van der Waals surface area contributed by atoms with E-state index in [0.29, 0.717) is 0 Å². The van der Waals surface area contributed by atoms with E-state index in [9.17, 15) is 0 Å². The van der Waals surface area contributed by atoms with E-state index in [1.807, 2.05) is 6.07 Å². The van der Waals surface area contributed by atoms with Crippen LogP contribution in [0, 0.1) is 0 Å². The monoisotopic (exact) mass is 477 g/mol.